The SMILES string of the molecule is O=C(Nc1cnn(Cc2ccc(Cl)cc2Cl)c1)c1cc2n(n1)C(C(F)(F)F)CC(c1ccccc1)N2. The van der Waals surface area contributed by atoms with Crippen LogP contribution in [0.4, 0.5) is 24.7 Å². The number of carbonyl (C=O) groups is 1. The lowest BCUT2D eigenvalue weighted by atomic mass is 9.97. The molecule has 5 rings (SSSR count). The van der Waals surface area contributed by atoms with Crippen molar-refractivity contribution in [2.45, 2.75) is 31.2 Å². The van der Waals surface area contributed by atoms with E-state index >= 15 is 0 Å². The van der Waals surface area contributed by atoms with Gasteiger partial charge in [-0.1, -0.05) is 59.6 Å². The molecule has 0 bridgehead atoms. The summed E-state index contributed by atoms with van der Waals surface area (Å²) in [5, 5.41) is 14.9. The molecule has 2 aromatic heterocycles. The van der Waals surface area contributed by atoms with E-state index in [-0.39, 0.29) is 17.9 Å². The van der Waals surface area contributed by atoms with Gasteiger partial charge in [-0.2, -0.15) is 23.4 Å². The van der Waals surface area contributed by atoms with Gasteiger partial charge in [0.25, 0.3) is 5.91 Å². The Balaban J connectivity index is 1.34. The van der Waals surface area contributed by atoms with Gasteiger partial charge in [-0.15, -0.1) is 0 Å². The number of carbonyl (C=O) groups excluding carboxylic acids is 1. The van der Waals surface area contributed by atoms with Crippen molar-refractivity contribution in [2.75, 3.05) is 10.6 Å². The largest absolute Gasteiger partial charge is 0.410 e. The van der Waals surface area contributed by atoms with Crippen molar-refractivity contribution in [1.29, 1.82) is 0 Å². The summed E-state index contributed by atoms with van der Waals surface area (Å²) >= 11 is 12.1. The van der Waals surface area contributed by atoms with Crippen molar-refractivity contribution < 1.29 is 18.0 Å². The average molecular weight is 535 g/mol. The fourth-order valence-electron chi connectivity index (χ4n) is 4.12. The summed E-state index contributed by atoms with van der Waals surface area (Å²) in [5.74, 6) is -0.532. The summed E-state index contributed by atoms with van der Waals surface area (Å²) in [4.78, 5) is 12.8. The van der Waals surface area contributed by atoms with Crippen LogP contribution in [0, 0.1) is 0 Å². The van der Waals surface area contributed by atoms with Gasteiger partial charge in [0.15, 0.2) is 11.7 Å². The van der Waals surface area contributed by atoms with E-state index in [1.807, 2.05) is 0 Å². The van der Waals surface area contributed by atoms with Crippen molar-refractivity contribution in [3.8, 4) is 0 Å². The molecule has 0 saturated heterocycles. The van der Waals surface area contributed by atoms with E-state index in [9.17, 15) is 18.0 Å². The van der Waals surface area contributed by atoms with Crippen LogP contribution in [0.5, 0.6) is 0 Å². The fourth-order valence-corrected chi connectivity index (χ4v) is 4.59. The van der Waals surface area contributed by atoms with Crippen molar-refractivity contribution >= 4 is 40.6 Å². The van der Waals surface area contributed by atoms with Crippen LogP contribution in [0.1, 0.15) is 40.1 Å². The molecular formula is C24H19Cl2F3N6O. The maximum absolute atomic E-state index is 13.9. The van der Waals surface area contributed by atoms with Gasteiger partial charge in [0.05, 0.1) is 24.5 Å². The van der Waals surface area contributed by atoms with Crippen LogP contribution in [-0.4, -0.2) is 31.6 Å². The molecule has 3 heterocycles. The summed E-state index contributed by atoms with van der Waals surface area (Å²) in [6, 6.07) is 12.8. The molecule has 186 valence electrons. The lowest BCUT2D eigenvalue weighted by Crippen LogP contribution is -2.35. The molecule has 36 heavy (non-hydrogen) atoms. The lowest BCUT2D eigenvalue weighted by Gasteiger charge is -2.33. The number of hydrogen-bond donors (Lipinski definition) is 2. The standard InChI is InChI=1S/C24H19Cl2F3N6O/c25-16-7-6-15(18(26)8-16)12-34-13-17(11-30-34)31-23(36)20-10-22-32-19(14-4-2-1-3-5-14)9-21(24(27,28)29)35(22)33-20/h1-8,10-11,13,19,21,32H,9,12H2,(H,31,36). The van der Waals surface area contributed by atoms with E-state index in [0.29, 0.717) is 22.3 Å². The summed E-state index contributed by atoms with van der Waals surface area (Å²) in [5.41, 5.74) is 1.71. The van der Waals surface area contributed by atoms with Gasteiger partial charge in [-0.3, -0.25) is 9.48 Å². The zero-order valence-corrected chi connectivity index (χ0v) is 20.0. The third-order valence-electron chi connectivity index (χ3n) is 5.86. The minimum Gasteiger partial charge on any atom is -0.363 e. The normalized spacial score (nSPS) is 17.4. The number of rotatable bonds is 5. The van der Waals surface area contributed by atoms with Gasteiger partial charge in [0.2, 0.25) is 0 Å². The van der Waals surface area contributed by atoms with Gasteiger partial charge in [-0.05, 0) is 23.3 Å². The molecule has 1 amide bonds. The Labute approximate surface area is 213 Å². The van der Waals surface area contributed by atoms with Crippen molar-refractivity contribution in [3.63, 3.8) is 0 Å². The third-order valence-corrected chi connectivity index (χ3v) is 6.45. The van der Waals surface area contributed by atoms with E-state index in [0.717, 1.165) is 15.8 Å². The third kappa shape index (κ3) is 5.05. The number of benzene rings is 2. The van der Waals surface area contributed by atoms with Crippen LogP contribution >= 0.6 is 23.2 Å². The van der Waals surface area contributed by atoms with Crippen molar-refractivity contribution in [1.82, 2.24) is 19.6 Å². The molecule has 2 atom stereocenters. The molecule has 1 aliphatic heterocycles. The first-order valence-electron chi connectivity index (χ1n) is 10.9. The highest BCUT2D eigenvalue weighted by molar-refractivity contribution is 6.35. The highest BCUT2D eigenvalue weighted by Gasteiger charge is 2.46. The molecule has 12 heteroatoms. The predicted octanol–water partition coefficient (Wildman–Crippen LogP) is 6.35. The molecule has 0 radical (unpaired) electrons. The Morgan fingerprint density at radius 1 is 1.14 bits per heavy atom. The first-order chi connectivity index (χ1) is 17.2. The first-order valence-corrected chi connectivity index (χ1v) is 11.7. The number of amides is 1. The van der Waals surface area contributed by atoms with E-state index in [1.54, 1.807) is 59.4 Å². The number of nitrogens with one attached hydrogen (secondary N) is 2. The number of hydrogen-bond acceptors (Lipinski definition) is 4. The second-order valence-corrected chi connectivity index (χ2v) is 9.22. The molecular weight excluding hydrogens is 516 g/mol. The van der Waals surface area contributed by atoms with Crippen LogP contribution in [0.15, 0.2) is 67.0 Å². The molecule has 0 fully saturated rings. The number of nitrogens with zero attached hydrogens (tertiary/aromatic N) is 4. The number of aromatic nitrogens is 4. The number of anilines is 2. The fraction of sp³-hybridized carbons (Fsp3) is 0.208. The molecule has 0 aliphatic carbocycles. The quantitative estimate of drug-likeness (QED) is 0.313. The van der Waals surface area contributed by atoms with Gasteiger partial charge in [0, 0.05) is 28.7 Å². The van der Waals surface area contributed by atoms with Crippen LogP contribution in [0.3, 0.4) is 0 Å². The summed E-state index contributed by atoms with van der Waals surface area (Å²) in [6.45, 7) is 0.336. The Kier molecular flexibility index (Phi) is 6.40. The Bertz CT molecular complexity index is 1400. The number of alkyl halides is 3. The molecule has 2 N–H and O–H groups in total. The second-order valence-electron chi connectivity index (χ2n) is 8.38. The molecule has 0 saturated carbocycles. The highest BCUT2D eigenvalue weighted by Crippen LogP contribution is 2.43. The maximum atomic E-state index is 13.9. The Morgan fingerprint density at radius 2 is 1.92 bits per heavy atom. The van der Waals surface area contributed by atoms with Gasteiger partial charge in [-0.25, -0.2) is 4.68 Å². The molecule has 2 aromatic carbocycles. The average Bonchev–Trinajstić information content (AvgIpc) is 3.47. The van der Waals surface area contributed by atoms with Crippen LogP contribution in [0.25, 0.3) is 0 Å². The summed E-state index contributed by atoms with van der Waals surface area (Å²) in [7, 11) is 0. The second kappa shape index (κ2) is 9.51. The monoisotopic (exact) mass is 534 g/mol. The van der Waals surface area contributed by atoms with Crippen LogP contribution in [0.2, 0.25) is 10.0 Å². The number of halogens is 5. The minimum atomic E-state index is -4.53. The predicted molar refractivity (Wildman–Crippen MR) is 130 cm³/mol. The minimum absolute atomic E-state index is 0.121. The van der Waals surface area contributed by atoms with E-state index in [2.05, 4.69) is 20.8 Å². The molecule has 4 aromatic rings. The molecule has 0 spiro atoms. The maximum Gasteiger partial charge on any atom is 0.410 e. The topological polar surface area (TPSA) is 76.8 Å². The Hall–Kier alpha value is -3.50. The van der Waals surface area contributed by atoms with Crippen LogP contribution in [-0.2, 0) is 6.54 Å². The smallest absolute Gasteiger partial charge is 0.363 e. The molecule has 1 aliphatic rings. The van der Waals surface area contributed by atoms with Gasteiger partial charge >= 0.3 is 6.18 Å². The first kappa shape index (κ1) is 24.2. The summed E-state index contributed by atoms with van der Waals surface area (Å²) < 4.78 is 44.0. The lowest BCUT2D eigenvalue weighted by molar-refractivity contribution is -0.173. The van der Waals surface area contributed by atoms with Crippen molar-refractivity contribution in [3.05, 3.63) is 93.9 Å². The highest BCUT2D eigenvalue weighted by atomic mass is 35.5. The summed E-state index contributed by atoms with van der Waals surface area (Å²) in [6.07, 6.45) is -1.77. The molecule has 7 nitrogen and oxygen atoms in total. The van der Waals surface area contributed by atoms with Gasteiger partial charge < -0.3 is 10.6 Å². The van der Waals surface area contributed by atoms with E-state index in [4.69, 9.17) is 23.2 Å². The van der Waals surface area contributed by atoms with E-state index < -0.39 is 24.2 Å². The van der Waals surface area contributed by atoms with Gasteiger partial charge in [0.1, 0.15) is 5.82 Å². The Morgan fingerprint density at radius 3 is 2.64 bits per heavy atom. The zero-order valence-electron chi connectivity index (χ0n) is 18.5. The zero-order chi connectivity index (χ0) is 25.4. The molecule has 2 unspecified atom stereocenters. The van der Waals surface area contributed by atoms with Crippen LogP contribution < -0.4 is 10.6 Å². The van der Waals surface area contributed by atoms with E-state index in [1.165, 1.54) is 12.3 Å². The van der Waals surface area contributed by atoms with Crippen molar-refractivity contribution in [2.24, 2.45) is 0 Å². The number of fused-ring (bicyclic) bond motifs is 1.